The molecule has 3 rings (SSSR count). The Morgan fingerprint density at radius 1 is 1.19 bits per heavy atom. The van der Waals surface area contributed by atoms with Crippen LogP contribution in [0.3, 0.4) is 0 Å². The average molecular weight is 354 g/mol. The molecule has 26 heavy (non-hydrogen) atoms. The van der Waals surface area contributed by atoms with Gasteiger partial charge in [0.15, 0.2) is 0 Å². The zero-order chi connectivity index (χ0) is 18.5. The highest BCUT2D eigenvalue weighted by molar-refractivity contribution is 5.97. The maximum atomic E-state index is 12.9. The highest BCUT2D eigenvalue weighted by Crippen LogP contribution is 2.28. The Morgan fingerprint density at radius 3 is 2.58 bits per heavy atom. The highest BCUT2D eigenvalue weighted by atomic mass is 16.5. The molecule has 1 saturated heterocycles. The second kappa shape index (κ2) is 8.23. The minimum absolute atomic E-state index is 0.0298. The molecule has 2 aromatic carbocycles. The van der Waals surface area contributed by atoms with Crippen LogP contribution >= 0.6 is 0 Å². The van der Waals surface area contributed by atoms with E-state index in [1.54, 1.807) is 17.0 Å². The molecule has 1 aliphatic rings. The number of carbonyl (C=O) groups is 1. The monoisotopic (exact) mass is 354 g/mol. The van der Waals surface area contributed by atoms with E-state index < -0.39 is 0 Å². The van der Waals surface area contributed by atoms with Gasteiger partial charge in [-0.15, -0.1) is 0 Å². The van der Waals surface area contributed by atoms with Gasteiger partial charge in [0, 0.05) is 31.4 Å². The summed E-state index contributed by atoms with van der Waals surface area (Å²) in [5.74, 6) is -0.125. The Kier molecular flexibility index (Phi) is 5.78. The molecule has 0 aromatic heterocycles. The van der Waals surface area contributed by atoms with Gasteiger partial charge >= 0.3 is 0 Å². The number of nitrogens with zero attached hydrogens (tertiary/aromatic N) is 2. The number of rotatable bonds is 5. The van der Waals surface area contributed by atoms with Gasteiger partial charge in [-0.2, -0.15) is 0 Å². The molecule has 0 unspecified atom stereocenters. The van der Waals surface area contributed by atoms with Crippen LogP contribution in [0.4, 0.5) is 5.69 Å². The summed E-state index contributed by atoms with van der Waals surface area (Å²) in [6.07, 6.45) is -0.133. The first-order valence-electron chi connectivity index (χ1n) is 9.17. The van der Waals surface area contributed by atoms with Crippen molar-refractivity contribution >= 4 is 11.6 Å². The molecule has 1 N–H and O–H groups in total. The van der Waals surface area contributed by atoms with Crippen molar-refractivity contribution in [2.45, 2.75) is 20.0 Å². The second-order valence-corrected chi connectivity index (χ2v) is 6.40. The third kappa shape index (κ3) is 3.83. The fraction of sp³-hybridized carbons (Fsp3) is 0.381. The van der Waals surface area contributed by atoms with E-state index in [0.29, 0.717) is 25.3 Å². The Hall–Kier alpha value is -2.53. The summed E-state index contributed by atoms with van der Waals surface area (Å²) >= 11 is 0. The molecule has 0 spiro atoms. The number of ether oxygens (including phenoxy) is 1. The summed E-state index contributed by atoms with van der Waals surface area (Å²) in [5.41, 5.74) is 2.33. The number of benzene rings is 2. The van der Waals surface area contributed by atoms with Gasteiger partial charge in [-0.05, 0) is 31.5 Å². The third-order valence-electron chi connectivity index (χ3n) is 4.87. The second-order valence-electron chi connectivity index (χ2n) is 6.40. The quantitative estimate of drug-likeness (QED) is 0.893. The molecule has 0 saturated carbocycles. The third-order valence-corrected chi connectivity index (χ3v) is 4.87. The van der Waals surface area contributed by atoms with Crippen molar-refractivity contribution < 1.29 is 14.6 Å². The van der Waals surface area contributed by atoms with Crippen LogP contribution in [0.15, 0.2) is 48.5 Å². The predicted octanol–water partition coefficient (Wildman–Crippen LogP) is 3.45. The number of phenolic OH excluding ortho intramolecular Hbond substituents is 1. The lowest BCUT2D eigenvalue weighted by molar-refractivity contribution is -0.0229. The van der Waals surface area contributed by atoms with Gasteiger partial charge < -0.3 is 19.6 Å². The molecule has 0 aliphatic carbocycles. The molecule has 1 fully saturated rings. The zero-order valence-corrected chi connectivity index (χ0v) is 15.4. The molecule has 2 aromatic rings. The number of anilines is 1. The van der Waals surface area contributed by atoms with E-state index in [0.717, 1.165) is 24.3 Å². The van der Waals surface area contributed by atoms with Gasteiger partial charge in [-0.3, -0.25) is 4.79 Å². The van der Waals surface area contributed by atoms with Crippen LogP contribution in [0.2, 0.25) is 0 Å². The maximum Gasteiger partial charge on any atom is 0.257 e. The van der Waals surface area contributed by atoms with Crippen LogP contribution in [0.5, 0.6) is 5.75 Å². The molecule has 5 nitrogen and oxygen atoms in total. The lowest BCUT2D eigenvalue weighted by Crippen LogP contribution is -2.42. The normalized spacial score (nSPS) is 17.2. The largest absolute Gasteiger partial charge is 0.507 e. The number of hydrogen-bond donors (Lipinski definition) is 1. The van der Waals surface area contributed by atoms with Gasteiger partial charge in [0.05, 0.1) is 18.7 Å². The number of carbonyl (C=O) groups excluding carboxylic acids is 1. The molecule has 5 heteroatoms. The summed E-state index contributed by atoms with van der Waals surface area (Å²) in [6, 6.07) is 15.2. The summed E-state index contributed by atoms with van der Waals surface area (Å²) in [4.78, 5) is 16.8. The molecule has 1 aliphatic heterocycles. The van der Waals surface area contributed by atoms with Crippen LogP contribution in [0.25, 0.3) is 0 Å². The van der Waals surface area contributed by atoms with Crippen LogP contribution in [-0.4, -0.2) is 48.7 Å². The van der Waals surface area contributed by atoms with E-state index in [1.807, 2.05) is 36.4 Å². The molecule has 0 bridgehead atoms. The van der Waals surface area contributed by atoms with Gasteiger partial charge in [0.2, 0.25) is 0 Å². The number of phenols is 1. The lowest BCUT2D eigenvalue weighted by Gasteiger charge is -2.33. The zero-order valence-electron chi connectivity index (χ0n) is 15.4. The van der Waals surface area contributed by atoms with Crippen LogP contribution < -0.4 is 4.90 Å². The number of aromatic hydroxyl groups is 1. The van der Waals surface area contributed by atoms with Crippen molar-refractivity contribution in [1.82, 2.24) is 4.90 Å². The molecule has 138 valence electrons. The van der Waals surface area contributed by atoms with Gasteiger partial charge in [-0.1, -0.05) is 30.3 Å². The van der Waals surface area contributed by atoms with E-state index in [4.69, 9.17) is 4.74 Å². The molecule has 0 radical (unpaired) electrons. The van der Waals surface area contributed by atoms with E-state index in [2.05, 4.69) is 18.7 Å². The molecule has 1 atom stereocenters. The summed E-state index contributed by atoms with van der Waals surface area (Å²) in [6.45, 7) is 7.34. The topological polar surface area (TPSA) is 53.0 Å². The van der Waals surface area contributed by atoms with Gasteiger partial charge in [0.25, 0.3) is 5.91 Å². The Labute approximate surface area is 154 Å². The van der Waals surface area contributed by atoms with Crippen molar-refractivity contribution in [3.05, 3.63) is 59.7 Å². The SMILES string of the molecule is CCN(CC)c1ccc(C(=O)N2CCO[C@H](c3ccccc3)C2)c(O)c1. The van der Waals surface area contributed by atoms with Crippen molar-refractivity contribution in [2.24, 2.45) is 0 Å². The van der Waals surface area contributed by atoms with Crippen LogP contribution in [0, 0.1) is 0 Å². The van der Waals surface area contributed by atoms with Crippen LogP contribution in [-0.2, 0) is 4.74 Å². The fourth-order valence-corrected chi connectivity index (χ4v) is 3.36. The highest BCUT2D eigenvalue weighted by Gasteiger charge is 2.27. The van der Waals surface area contributed by atoms with E-state index in [-0.39, 0.29) is 17.8 Å². The van der Waals surface area contributed by atoms with Crippen molar-refractivity contribution in [3.8, 4) is 5.75 Å². The Morgan fingerprint density at radius 2 is 1.92 bits per heavy atom. The first-order valence-corrected chi connectivity index (χ1v) is 9.17. The van der Waals surface area contributed by atoms with E-state index in [9.17, 15) is 9.90 Å². The van der Waals surface area contributed by atoms with Crippen LogP contribution in [0.1, 0.15) is 35.9 Å². The number of amides is 1. The maximum absolute atomic E-state index is 12.9. The molecule has 1 amide bonds. The van der Waals surface area contributed by atoms with Crippen molar-refractivity contribution in [1.29, 1.82) is 0 Å². The van der Waals surface area contributed by atoms with Crippen molar-refractivity contribution in [2.75, 3.05) is 37.7 Å². The van der Waals surface area contributed by atoms with Crippen molar-refractivity contribution in [3.63, 3.8) is 0 Å². The molecular weight excluding hydrogens is 328 g/mol. The fourth-order valence-electron chi connectivity index (χ4n) is 3.36. The van der Waals surface area contributed by atoms with Gasteiger partial charge in [-0.25, -0.2) is 0 Å². The minimum atomic E-state index is -0.155. The minimum Gasteiger partial charge on any atom is -0.507 e. The summed E-state index contributed by atoms with van der Waals surface area (Å²) in [5, 5.41) is 10.4. The van der Waals surface area contributed by atoms with E-state index >= 15 is 0 Å². The summed E-state index contributed by atoms with van der Waals surface area (Å²) < 4.78 is 5.83. The predicted molar refractivity (Wildman–Crippen MR) is 103 cm³/mol. The molecular formula is C21H26N2O3. The Balaban J connectivity index is 1.76. The smallest absolute Gasteiger partial charge is 0.257 e. The number of morpholine rings is 1. The molecule has 1 heterocycles. The van der Waals surface area contributed by atoms with E-state index in [1.165, 1.54) is 0 Å². The first kappa shape index (κ1) is 18.3. The first-order chi connectivity index (χ1) is 12.6. The van der Waals surface area contributed by atoms with Gasteiger partial charge in [0.1, 0.15) is 11.9 Å². The number of hydrogen-bond acceptors (Lipinski definition) is 4. The Bertz CT molecular complexity index is 744. The lowest BCUT2D eigenvalue weighted by atomic mass is 10.1. The summed E-state index contributed by atoms with van der Waals surface area (Å²) in [7, 11) is 0. The standard InChI is InChI=1S/C21H26N2O3/c1-3-22(4-2)17-10-11-18(19(24)14-17)21(25)23-12-13-26-20(15-23)16-8-6-5-7-9-16/h5-11,14,20,24H,3-4,12-13,15H2,1-2H3/t20-/m0/s1. The average Bonchev–Trinajstić information content (AvgIpc) is 2.69.